The Hall–Kier alpha value is -3.20. The second-order valence-electron chi connectivity index (χ2n) is 4.27. The van der Waals surface area contributed by atoms with Gasteiger partial charge in [-0.25, -0.2) is 4.79 Å². The summed E-state index contributed by atoms with van der Waals surface area (Å²) in [6.45, 7) is 0. The number of methoxy groups -OCH3 is 2. The highest BCUT2D eigenvalue weighted by molar-refractivity contribution is 6.02. The third kappa shape index (κ3) is 3.27. The largest absolute Gasteiger partial charge is 0.494 e. The highest BCUT2D eigenvalue weighted by atomic mass is 16.5. The summed E-state index contributed by atoms with van der Waals surface area (Å²) in [5.41, 5.74) is 1.22. The number of hydrogen-bond acceptors (Lipinski definition) is 4. The number of nitrogens with zero attached hydrogens (tertiary/aromatic N) is 1. The number of amides is 2. The van der Waals surface area contributed by atoms with Gasteiger partial charge in [0.25, 0.3) is 0 Å². The molecule has 2 aromatic carbocycles. The van der Waals surface area contributed by atoms with Crippen LogP contribution in [0, 0.1) is 11.3 Å². The van der Waals surface area contributed by atoms with E-state index in [2.05, 4.69) is 10.6 Å². The van der Waals surface area contributed by atoms with Gasteiger partial charge in [-0.15, -0.1) is 0 Å². The minimum absolute atomic E-state index is 0.379. The molecule has 0 aliphatic heterocycles. The number of carbonyl (C=O) groups excluding carboxylic acids is 1. The van der Waals surface area contributed by atoms with Gasteiger partial charge in [-0.1, -0.05) is 18.2 Å². The van der Waals surface area contributed by atoms with E-state index in [0.717, 1.165) is 0 Å². The molecule has 0 spiro atoms. The fourth-order valence-corrected chi connectivity index (χ4v) is 1.93. The summed E-state index contributed by atoms with van der Waals surface area (Å²) in [6, 6.07) is 13.4. The van der Waals surface area contributed by atoms with Crippen molar-refractivity contribution in [1.82, 2.24) is 0 Å². The summed E-state index contributed by atoms with van der Waals surface area (Å²) in [6.07, 6.45) is 0. The maximum atomic E-state index is 12.1. The van der Waals surface area contributed by atoms with E-state index in [0.29, 0.717) is 28.4 Å². The normalized spacial score (nSPS) is 9.50. The number of nitriles is 1. The van der Waals surface area contributed by atoms with Gasteiger partial charge in [0.1, 0.15) is 23.3 Å². The quantitative estimate of drug-likeness (QED) is 0.907. The molecule has 0 aliphatic rings. The number of carbonyl (C=O) groups is 1. The summed E-state index contributed by atoms with van der Waals surface area (Å²) in [5, 5.41) is 14.3. The van der Waals surface area contributed by atoms with Crippen molar-refractivity contribution in [3.63, 3.8) is 0 Å². The van der Waals surface area contributed by atoms with E-state index in [9.17, 15) is 4.79 Å². The lowest BCUT2D eigenvalue weighted by Crippen LogP contribution is -2.20. The molecule has 0 bridgehead atoms. The monoisotopic (exact) mass is 297 g/mol. The standard InChI is InChI=1S/C16H15N3O3/c1-21-13-8-5-9-14(22-2)15(13)19-16(20)18-12-7-4-3-6-11(12)10-17/h3-9H,1-2H3,(H2,18,19,20). The Morgan fingerprint density at radius 1 is 1.00 bits per heavy atom. The number of anilines is 2. The SMILES string of the molecule is COc1cccc(OC)c1NC(=O)Nc1ccccc1C#N. The van der Waals surface area contributed by atoms with E-state index in [-0.39, 0.29) is 0 Å². The van der Waals surface area contributed by atoms with E-state index < -0.39 is 6.03 Å². The van der Waals surface area contributed by atoms with Crippen LogP contribution in [0.25, 0.3) is 0 Å². The average molecular weight is 297 g/mol. The third-order valence-corrected chi connectivity index (χ3v) is 2.96. The lowest BCUT2D eigenvalue weighted by molar-refractivity contribution is 0.262. The van der Waals surface area contributed by atoms with Crippen molar-refractivity contribution < 1.29 is 14.3 Å². The summed E-state index contributed by atoms with van der Waals surface area (Å²) in [7, 11) is 3.01. The van der Waals surface area contributed by atoms with Crippen LogP contribution in [0.2, 0.25) is 0 Å². The van der Waals surface area contributed by atoms with Crippen LogP contribution >= 0.6 is 0 Å². The van der Waals surface area contributed by atoms with Gasteiger partial charge in [0.05, 0.1) is 25.5 Å². The lowest BCUT2D eigenvalue weighted by Gasteiger charge is -2.14. The summed E-state index contributed by atoms with van der Waals surface area (Å²) in [4.78, 5) is 12.1. The third-order valence-electron chi connectivity index (χ3n) is 2.96. The van der Waals surface area contributed by atoms with Gasteiger partial charge >= 0.3 is 6.03 Å². The van der Waals surface area contributed by atoms with Crippen molar-refractivity contribution in [2.24, 2.45) is 0 Å². The number of rotatable bonds is 4. The molecule has 2 aromatic rings. The number of ether oxygens (including phenoxy) is 2. The molecule has 0 atom stereocenters. The predicted octanol–water partition coefficient (Wildman–Crippen LogP) is 3.22. The van der Waals surface area contributed by atoms with Crippen molar-refractivity contribution in [2.75, 3.05) is 24.9 Å². The topological polar surface area (TPSA) is 83.4 Å². The first-order valence-electron chi connectivity index (χ1n) is 6.47. The number of benzene rings is 2. The fraction of sp³-hybridized carbons (Fsp3) is 0.125. The van der Waals surface area contributed by atoms with Crippen molar-refractivity contribution in [3.8, 4) is 17.6 Å². The van der Waals surface area contributed by atoms with Gasteiger partial charge in [0.2, 0.25) is 0 Å². The molecule has 0 fully saturated rings. The van der Waals surface area contributed by atoms with Crippen LogP contribution in [0.5, 0.6) is 11.5 Å². The second-order valence-corrected chi connectivity index (χ2v) is 4.27. The minimum Gasteiger partial charge on any atom is -0.494 e. The van der Waals surface area contributed by atoms with Crippen LogP contribution in [0.3, 0.4) is 0 Å². The molecule has 2 amide bonds. The summed E-state index contributed by atoms with van der Waals surface area (Å²) < 4.78 is 10.4. The van der Waals surface area contributed by atoms with E-state index in [1.54, 1.807) is 42.5 Å². The molecule has 0 saturated carbocycles. The zero-order valence-electron chi connectivity index (χ0n) is 12.2. The smallest absolute Gasteiger partial charge is 0.323 e. The summed E-state index contributed by atoms with van der Waals surface area (Å²) >= 11 is 0. The molecule has 6 heteroatoms. The molecule has 0 heterocycles. The molecule has 2 N–H and O–H groups in total. The Balaban J connectivity index is 2.21. The molecule has 0 aromatic heterocycles. The van der Waals surface area contributed by atoms with Gasteiger partial charge < -0.3 is 20.1 Å². The molecule has 22 heavy (non-hydrogen) atoms. The van der Waals surface area contributed by atoms with Crippen molar-refractivity contribution in [2.45, 2.75) is 0 Å². The zero-order valence-corrected chi connectivity index (χ0v) is 12.2. The molecule has 0 saturated heterocycles. The molecule has 2 rings (SSSR count). The van der Waals surface area contributed by atoms with E-state index in [1.165, 1.54) is 14.2 Å². The van der Waals surface area contributed by atoms with Gasteiger partial charge in [0.15, 0.2) is 0 Å². The zero-order chi connectivity index (χ0) is 15.9. The van der Waals surface area contributed by atoms with E-state index in [4.69, 9.17) is 14.7 Å². The van der Waals surface area contributed by atoms with Crippen molar-refractivity contribution in [3.05, 3.63) is 48.0 Å². The van der Waals surface area contributed by atoms with Crippen molar-refractivity contribution in [1.29, 1.82) is 5.26 Å². The van der Waals surface area contributed by atoms with Gasteiger partial charge in [0, 0.05) is 0 Å². The first-order valence-corrected chi connectivity index (χ1v) is 6.47. The number of urea groups is 1. The second kappa shape index (κ2) is 6.99. The number of para-hydroxylation sites is 2. The Morgan fingerprint density at radius 2 is 1.64 bits per heavy atom. The Labute approximate surface area is 128 Å². The summed E-state index contributed by atoms with van der Waals surface area (Å²) in [5.74, 6) is 0.950. The highest BCUT2D eigenvalue weighted by Crippen LogP contribution is 2.34. The fourth-order valence-electron chi connectivity index (χ4n) is 1.93. The Bertz CT molecular complexity index is 701. The Morgan fingerprint density at radius 3 is 2.23 bits per heavy atom. The maximum absolute atomic E-state index is 12.1. The molecular formula is C16H15N3O3. The molecular weight excluding hydrogens is 282 g/mol. The lowest BCUT2D eigenvalue weighted by atomic mass is 10.2. The molecule has 0 unspecified atom stereocenters. The average Bonchev–Trinajstić information content (AvgIpc) is 2.55. The van der Waals surface area contributed by atoms with E-state index >= 15 is 0 Å². The minimum atomic E-state index is -0.495. The maximum Gasteiger partial charge on any atom is 0.323 e. The van der Waals surface area contributed by atoms with Gasteiger partial charge in [-0.2, -0.15) is 5.26 Å². The van der Waals surface area contributed by atoms with Crippen LogP contribution in [-0.2, 0) is 0 Å². The number of nitrogens with one attached hydrogen (secondary N) is 2. The first kappa shape index (κ1) is 15.2. The van der Waals surface area contributed by atoms with Crippen LogP contribution in [0.1, 0.15) is 5.56 Å². The molecule has 112 valence electrons. The molecule has 0 radical (unpaired) electrons. The first-order chi connectivity index (χ1) is 10.7. The van der Waals surface area contributed by atoms with Crippen LogP contribution in [0.15, 0.2) is 42.5 Å². The van der Waals surface area contributed by atoms with Crippen LogP contribution < -0.4 is 20.1 Å². The Kier molecular flexibility index (Phi) is 4.83. The highest BCUT2D eigenvalue weighted by Gasteiger charge is 2.13. The van der Waals surface area contributed by atoms with Crippen molar-refractivity contribution >= 4 is 17.4 Å². The number of hydrogen-bond donors (Lipinski definition) is 2. The van der Waals surface area contributed by atoms with Crippen LogP contribution in [-0.4, -0.2) is 20.3 Å². The van der Waals surface area contributed by atoms with Crippen LogP contribution in [0.4, 0.5) is 16.2 Å². The van der Waals surface area contributed by atoms with Gasteiger partial charge in [-0.3, -0.25) is 0 Å². The molecule has 6 nitrogen and oxygen atoms in total. The van der Waals surface area contributed by atoms with Gasteiger partial charge in [-0.05, 0) is 24.3 Å². The molecule has 0 aliphatic carbocycles. The predicted molar refractivity (Wildman–Crippen MR) is 83.3 cm³/mol. The van der Waals surface area contributed by atoms with E-state index in [1.807, 2.05) is 6.07 Å².